The Bertz CT molecular complexity index is 924. The van der Waals surface area contributed by atoms with Gasteiger partial charge >= 0.3 is 0 Å². The lowest BCUT2D eigenvalue weighted by Crippen LogP contribution is -2.14. The first kappa shape index (κ1) is 15.4. The molecule has 0 saturated heterocycles. The number of rotatable bonds is 4. The third kappa shape index (κ3) is 3.17. The molecule has 23 heavy (non-hydrogen) atoms. The van der Waals surface area contributed by atoms with Gasteiger partial charge in [-0.1, -0.05) is 17.7 Å². The average Bonchev–Trinajstić information content (AvgIpc) is 3.04. The van der Waals surface area contributed by atoms with Gasteiger partial charge in [0.1, 0.15) is 6.33 Å². The van der Waals surface area contributed by atoms with Gasteiger partial charge in [0, 0.05) is 5.02 Å². The molecule has 0 spiro atoms. The van der Waals surface area contributed by atoms with Gasteiger partial charge < -0.3 is 0 Å². The molecule has 0 radical (unpaired) electrons. The molecule has 0 aliphatic heterocycles. The molecule has 0 aliphatic carbocycles. The highest BCUT2D eigenvalue weighted by molar-refractivity contribution is 7.92. The lowest BCUT2D eigenvalue weighted by molar-refractivity contribution is 0.601. The zero-order valence-electron chi connectivity index (χ0n) is 12.0. The van der Waals surface area contributed by atoms with E-state index in [2.05, 4.69) is 20.2 Å². The molecule has 0 amide bonds. The molecule has 9 heteroatoms. The van der Waals surface area contributed by atoms with Crippen LogP contribution in [0.5, 0.6) is 0 Å². The van der Waals surface area contributed by atoms with Crippen LogP contribution in [0.1, 0.15) is 5.56 Å². The molecule has 0 bridgehead atoms. The van der Waals surface area contributed by atoms with E-state index >= 15 is 0 Å². The summed E-state index contributed by atoms with van der Waals surface area (Å²) in [5.74, 6) is 0. The van der Waals surface area contributed by atoms with Gasteiger partial charge in [-0.2, -0.15) is 0 Å². The van der Waals surface area contributed by atoms with E-state index < -0.39 is 10.0 Å². The maximum Gasteiger partial charge on any atom is 0.261 e. The Balaban J connectivity index is 1.97. The van der Waals surface area contributed by atoms with Crippen LogP contribution in [0, 0.1) is 6.92 Å². The van der Waals surface area contributed by atoms with Gasteiger partial charge in [0.15, 0.2) is 0 Å². The zero-order valence-corrected chi connectivity index (χ0v) is 13.6. The summed E-state index contributed by atoms with van der Waals surface area (Å²) in [4.78, 5) is 0.133. The molecule has 0 aliphatic rings. The van der Waals surface area contributed by atoms with Crippen LogP contribution in [0.25, 0.3) is 5.69 Å². The van der Waals surface area contributed by atoms with Crippen molar-refractivity contribution in [1.82, 2.24) is 20.2 Å². The van der Waals surface area contributed by atoms with Crippen molar-refractivity contribution in [2.24, 2.45) is 0 Å². The molecule has 7 nitrogen and oxygen atoms in total. The van der Waals surface area contributed by atoms with Crippen LogP contribution in [-0.2, 0) is 10.0 Å². The van der Waals surface area contributed by atoms with Gasteiger partial charge in [-0.15, -0.1) is 5.10 Å². The Hall–Kier alpha value is -2.45. The van der Waals surface area contributed by atoms with Crippen LogP contribution in [0.3, 0.4) is 0 Å². The fourth-order valence-corrected chi connectivity index (χ4v) is 3.32. The van der Waals surface area contributed by atoms with Crippen molar-refractivity contribution in [1.29, 1.82) is 0 Å². The molecule has 118 valence electrons. The summed E-state index contributed by atoms with van der Waals surface area (Å²) in [7, 11) is -3.71. The molecule has 1 N–H and O–H groups in total. The van der Waals surface area contributed by atoms with Crippen molar-refractivity contribution in [2.45, 2.75) is 11.8 Å². The van der Waals surface area contributed by atoms with E-state index in [1.165, 1.54) is 35.3 Å². The minimum absolute atomic E-state index is 0.133. The second-order valence-corrected chi connectivity index (χ2v) is 6.88. The average molecular weight is 350 g/mol. The van der Waals surface area contributed by atoms with Crippen LogP contribution in [0.2, 0.25) is 5.02 Å². The fraction of sp³-hybridized carbons (Fsp3) is 0.0714. The molecule has 3 aromatic rings. The predicted molar refractivity (Wildman–Crippen MR) is 86.2 cm³/mol. The molecular weight excluding hydrogens is 338 g/mol. The standard InChI is InChI=1S/C14H12ClN5O2S/c1-10-13(3-2-4-14(10)20-9-16-18-19-20)17-23(21,22)12-7-5-11(15)6-8-12/h2-9,17H,1H3. The van der Waals surface area contributed by atoms with E-state index in [1.54, 1.807) is 25.1 Å². The van der Waals surface area contributed by atoms with E-state index in [1.807, 2.05) is 0 Å². The molecule has 0 atom stereocenters. The first-order chi connectivity index (χ1) is 11.0. The van der Waals surface area contributed by atoms with E-state index in [0.717, 1.165) is 0 Å². The maximum absolute atomic E-state index is 12.5. The molecule has 2 aromatic carbocycles. The van der Waals surface area contributed by atoms with Crippen molar-refractivity contribution in [3.05, 3.63) is 59.4 Å². The monoisotopic (exact) mass is 349 g/mol. The highest BCUT2D eigenvalue weighted by Gasteiger charge is 2.16. The minimum atomic E-state index is -3.71. The molecule has 0 saturated carbocycles. The molecule has 1 aromatic heterocycles. The molecular formula is C14H12ClN5O2S. The lowest BCUT2D eigenvalue weighted by Gasteiger charge is -2.13. The molecule has 0 unspecified atom stereocenters. The summed E-state index contributed by atoms with van der Waals surface area (Å²) in [6.45, 7) is 1.79. The number of tetrazole rings is 1. The normalized spacial score (nSPS) is 11.4. The number of halogens is 1. The number of anilines is 1. The number of hydrogen-bond acceptors (Lipinski definition) is 5. The van der Waals surface area contributed by atoms with Gasteiger partial charge in [0.2, 0.25) is 0 Å². The van der Waals surface area contributed by atoms with Gasteiger partial charge in [-0.3, -0.25) is 4.72 Å². The summed E-state index contributed by atoms with van der Waals surface area (Å²) >= 11 is 5.79. The smallest absolute Gasteiger partial charge is 0.261 e. The summed E-state index contributed by atoms with van der Waals surface area (Å²) in [6.07, 6.45) is 1.44. The SMILES string of the molecule is Cc1c(NS(=O)(=O)c2ccc(Cl)cc2)cccc1-n1cnnn1. The topological polar surface area (TPSA) is 89.8 Å². The zero-order chi connectivity index (χ0) is 16.4. The Morgan fingerprint density at radius 1 is 1.13 bits per heavy atom. The Kier molecular flexibility index (Phi) is 4.01. The van der Waals surface area contributed by atoms with Crippen molar-refractivity contribution in [3.8, 4) is 5.69 Å². The summed E-state index contributed by atoms with van der Waals surface area (Å²) < 4.78 is 29.0. The second-order valence-electron chi connectivity index (χ2n) is 4.76. The third-order valence-electron chi connectivity index (χ3n) is 3.27. The van der Waals surface area contributed by atoms with E-state index in [9.17, 15) is 8.42 Å². The highest BCUT2D eigenvalue weighted by Crippen LogP contribution is 2.24. The first-order valence-corrected chi connectivity index (χ1v) is 8.45. The quantitative estimate of drug-likeness (QED) is 0.781. The Morgan fingerprint density at radius 3 is 2.52 bits per heavy atom. The number of hydrogen-bond donors (Lipinski definition) is 1. The summed E-state index contributed by atoms with van der Waals surface area (Å²) in [5.41, 5.74) is 1.84. The maximum atomic E-state index is 12.5. The Morgan fingerprint density at radius 2 is 1.87 bits per heavy atom. The number of aromatic nitrogens is 4. The summed E-state index contributed by atoms with van der Waals surface area (Å²) in [6, 6.07) is 11.2. The van der Waals surface area contributed by atoms with Crippen molar-refractivity contribution >= 4 is 27.3 Å². The first-order valence-electron chi connectivity index (χ1n) is 6.59. The van der Waals surface area contributed by atoms with Crippen molar-refractivity contribution in [2.75, 3.05) is 4.72 Å². The van der Waals surface area contributed by atoms with Crippen molar-refractivity contribution in [3.63, 3.8) is 0 Å². The second kappa shape index (κ2) is 5.98. The number of nitrogens with one attached hydrogen (secondary N) is 1. The van der Waals surface area contributed by atoms with Gasteiger partial charge in [-0.25, -0.2) is 13.1 Å². The number of nitrogens with zero attached hydrogens (tertiary/aromatic N) is 4. The highest BCUT2D eigenvalue weighted by atomic mass is 35.5. The number of sulfonamides is 1. The van der Waals surface area contributed by atoms with Crippen LogP contribution < -0.4 is 4.72 Å². The van der Waals surface area contributed by atoms with Crippen LogP contribution in [-0.4, -0.2) is 28.6 Å². The fourth-order valence-electron chi connectivity index (χ4n) is 2.07. The largest absolute Gasteiger partial charge is 0.279 e. The predicted octanol–water partition coefficient (Wildman–Crippen LogP) is 2.42. The lowest BCUT2D eigenvalue weighted by atomic mass is 10.1. The van der Waals surface area contributed by atoms with Crippen LogP contribution >= 0.6 is 11.6 Å². The van der Waals surface area contributed by atoms with Crippen molar-refractivity contribution < 1.29 is 8.42 Å². The third-order valence-corrected chi connectivity index (χ3v) is 4.90. The van der Waals surface area contributed by atoms with E-state index in [0.29, 0.717) is 22.0 Å². The summed E-state index contributed by atoms with van der Waals surface area (Å²) in [5, 5.41) is 11.5. The van der Waals surface area contributed by atoms with Gasteiger partial charge in [-0.05, 0) is 59.3 Å². The molecule has 1 heterocycles. The van der Waals surface area contributed by atoms with Gasteiger partial charge in [0.05, 0.1) is 16.3 Å². The van der Waals surface area contributed by atoms with E-state index in [-0.39, 0.29) is 4.90 Å². The van der Waals surface area contributed by atoms with Gasteiger partial charge in [0.25, 0.3) is 10.0 Å². The van der Waals surface area contributed by atoms with Crippen LogP contribution in [0.4, 0.5) is 5.69 Å². The van der Waals surface area contributed by atoms with E-state index in [4.69, 9.17) is 11.6 Å². The number of benzene rings is 2. The molecule has 3 rings (SSSR count). The molecule has 0 fully saturated rings. The Labute approximate surface area is 138 Å². The van der Waals surface area contributed by atoms with Crippen LogP contribution in [0.15, 0.2) is 53.7 Å². The minimum Gasteiger partial charge on any atom is -0.279 e.